The normalized spacial score (nSPS) is 10.8. The summed E-state index contributed by atoms with van der Waals surface area (Å²) in [4.78, 5) is 11.8. The summed E-state index contributed by atoms with van der Waals surface area (Å²) in [7, 11) is 0. The zero-order chi connectivity index (χ0) is 16.1. The van der Waals surface area contributed by atoms with Gasteiger partial charge >= 0.3 is 0 Å². The molecule has 23 heavy (non-hydrogen) atoms. The summed E-state index contributed by atoms with van der Waals surface area (Å²) in [5.74, 6) is 1.02. The Morgan fingerprint density at radius 2 is 1.74 bits per heavy atom. The number of halogens is 1. The molecule has 1 aromatic heterocycles. The van der Waals surface area contributed by atoms with E-state index in [1.807, 2.05) is 36.4 Å². The summed E-state index contributed by atoms with van der Waals surface area (Å²) >= 11 is 3.49. The fourth-order valence-corrected chi connectivity index (χ4v) is 2.52. The van der Waals surface area contributed by atoms with Crippen molar-refractivity contribution in [3.63, 3.8) is 0 Å². The van der Waals surface area contributed by atoms with Crippen molar-refractivity contribution in [3.8, 4) is 11.3 Å². The molecule has 0 fully saturated rings. The van der Waals surface area contributed by atoms with Crippen LogP contribution in [0.4, 0.5) is 0 Å². The molecule has 1 heterocycles. The van der Waals surface area contributed by atoms with Gasteiger partial charge in [-0.25, -0.2) is 5.43 Å². The lowest BCUT2D eigenvalue weighted by Gasteiger charge is -1.99. The summed E-state index contributed by atoms with van der Waals surface area (Å²) in [5, 5.41) is 3.92. The Hall–Kier alpha value is -2.66. The molecule has 0 aliphatic rings. The second kappa shape index (κ2) is 7.07. The number of hydrogen-bond donors (Lipinski definition) is 1. The molecule has 0 spiro atoms. The highest BCUT2D eigenvalue weighted by Gasteiger charge is 2.07. The van der Waals surface area contributed by atoms with Gasteiger partial charge in [-0.1, -0.05) is 52.3 Å². The highest BCUT2D eigenvalue weighted by molar-refractivity contribution is 9.10. The van der Waals surface area contributed by atoms with E-state index in [4.69, 9.17) is 4.42 Å². The molecular formula is C18H13BrN2O2. The summed E-state index contributed by atoms with van der Waals surface area (Å²) < 4.78 is 6.66. The van der Waals surface area contributed by atoms with E-state index in [1.54, 1.807) is 30.3 Å². The van der Waals surface area contributed by atoms with Crippen molar-refractivity contribution in [2.75, 3.05) is 0 Å². The van der Waals surface area contributed by atoms with E-state index in [0.717, 1.165) is 15.8 Å². The number of rotatable bonds is 4. The third-order valence-electron chi connectivity index (χ3n) is 3.16. The highest BCUT2D eigenvalue weighted by atomic mass is 79.9. The molecule has 0 bridgehead atoms. The van der Waals surface area contributed by atoms with Crippen molar-refractivity contribution in [3.05, 3.63) is 82.5 Å². The van der Waals surface area contributed by atoms with E-state index in [0.29, 0.717) is 11.3 Å². The number of benzene rings is 2. The Morgan fingerprint density at radius 1 is 1.00 bits per heavy atom. The Balaban J connectivity index is 1.68. The van der Waals surface area contributed by atoms with E-state index in [1.165, 1.54) is 6.21 Å². The summed E-state index contributed by atoms with van der Waals surface area (Å²) in [6.45, 7) is 0. The van der Waals surface area contributed by atoms with Crippen LogP contribution in [0, 0.1) is 0 Å². The van der Waals surface area contributed by atoms with Gasteiger partial charge in [0.1, 0.15) is 11.5 Å². The Labute approximate surface area is 142 Å². The molecule has 0 radical (unpaired) electrons. The van der Waals surface area contributed by atoms with Crippen LogP contribution in [0.15, 0.2) is 80.7 Å². The second-order valence-electron chi connectivity index (χ2n) is 4.75. The maximum atomic E-state index is 11.8. The Bertz CT molecular complexity index is 841. The molecule has 0 saturated heterocycles. The first kappa shape index (κ1) is 15.2. The zero-order valence-corrected chi connectivity index (χ0v) is 13.7. The van der Waals surface area contributed by atoms with Gasteiger partial charge in [0.2, 0.25) is 0 Å². The van der Waals surface area contributed by atoms with Crippen LogP contribution in [0.5, 0.6) is 0 Å². The number of amides is 1. The molecule has 5 heteroatoms. The number of nitrogens with zero attached hydrogens (tertiary/aromatic N) is 1. The third-order valence-corrected chi connectivity index (χ3v) is 3.85. The smallest absolute Gasteiger partial charge is 0.271 e. The zero-order valence-electron chi connectivity index (χ0n) is 12.1. The van der Waals surface area contributed by atoms with E-state index < -0.39 is 0 Å². The summed E-state index contributed by atoms with van der Waals surface area (Å²) in [6, 6.07) is 20.4. The fraction of sp³-hybridized carbons (Fsp3) is 0. The van der Waals surface area contributed by atoms with Gasteiger partial charge in [0.15, 0.2) is 0 Å². The van der Waals surface area contributed by atoms with Crippen molar-refractivity contribution >= 4 is 28.1 Å². The lowest BCUT2D eigenvalue weighted by molar-refractivity contribution is 0.0955. The molecule has 114 valence electrons. The Morgan fingerprint density at radius 3 is 2.52 bits per heavy atom. The van der Waals surface area contributed by atoms with E-state index >= 15 is 0 Å². The average Bonchev–Trinajstić information content (AvgIpc) is 3.04. The minimum absolute atomic E-state index is 0.264. The topological polar surface area (TPSA) is 54.6 Å². The number of hydrazone groups is 1. The largest absolute Gasteiger partial charge is 0.455 e. The van der Waals surface area contributed by atoms with Crippen LogP contribution in [-0.4, -0.2) is 12.1 Å². The third kappa shape index (κ3) is 3.76. The first-order valence-corrected chi connectivity index (χ1v) is 7.76. The number of carbonyl (C=O) groups is 1. The molecule has 0 saturated carbocycles. The van der Waals surface area contributed by atoms with Crippen molar-refractivity contribution in [2.24, 2.45) is 5.10 Å². The minimum atomic E-state index is -0.264. The number of carbonyl (C=O) groups excluding carboxylic acids is 1. The molecule has 4 nitrogen and oxygen atoms in total. The van der Waals surface area contributed by atoms with Crippen LogP contribution in [0.1, 0.15) is 16.1 Å². The van der Waals surface area contributed by atoms with Crippen molar-refractivity contribution in [2.45, 2.75) is 0 Å². The number of furan rings is 1. The predicted octanol–water partition coefficient (Wildman–Crippen LogP) is 4.47. The van der Waals surface area contributed by atoms with Crippen LogP contribution >= 0.6 is 15.9 Å². The van der Waals surface area contributed by atoms with Gasteiger partial charge in [-0.05, 0) is 30.3 Å². The lowest BCUT2D eigenvalue weighted by Crippen LogP contribution is -2.17. The van der Waals surface area contributed by atoms with Crippen LogP contribution in [0.25, 0.3) is 11.3 Å². The van der Waals surface area contributed by atoms with Gasteiger partial charge in [-0.15, -0.1) is 0 Å². The quantitative estimate of drug-likeness (QED) is 0.545. The van der Waals surface area contributed by atoms with Gasteiger partial charge in [-0.3, -0.25) is 4.79 Å². The van der Waals surface area contributed by atoms with Gasteiger partial charge < -0.3 is 4.42 Å². The summed E-state index contributed by atoms with van der Waals surface area (Å²) in [6.07, 6.45) is 1.47. The summed E-state index contributed by atoms with van der Waals surface area (Å²) in [5.41, 5.74) is 3.98. The molecule has 0 unspecified atom stereocenters. The molecule has 1 N–H and O–H groups in total. The van der Waals surface area contributed by atoms with E-state index in [2.05, 4.69) is 26.5 Å². The maximum Gasteiger partial charge on any atom is 0.271 e. The standard InChI is InChI=1S/C18H13BrN2O2/c19-16-9-5-4-8-15(16)17-11-10-14(23-17)12-20-21-18(22)13-6-2-1-3-7-13/h1-12H,(H,21,22). The van der Waals surface area contributed by atoms with Crippen molar-refractivity contribution in [1.82, 2.24) is 5.43 Å². The fourth-order valence-electron chi connectivity index (χ4n) is 2.04. The van der Waals surface area contributed by atoms with Crippen LogP contribution in [0.3, 0.4) is 0 Å². The first-order chi connectivity index (χ1) is 11.2. The van der Waals surface area contributed by atoms with Gasteiger partial charge in [0.05, 0.1) is 6.21 Å². The Kier molecular flexibility index (Phi) is 4.68. The average molecular weight is 369 g/mol. The van der Waals surface area contributed by atoms with Gasteiger partial charge in [-0.2, -0.15) is 5.10 Å². The molecule has 0 aliphatic heterocycles. The van der Waals surface area contributed by atoms with Gasteiger partial charge in [0, 0.05) is 15.6 Å². The predicted molar refractivity (Wildman–Crippen MR) is 93.3 cm³/mol. The van der Waals surface area contributed by atoms with Crippen molar-refractivity contribution in [1.29, 1.82) is 0 Å². The molecule has 0 aliphatic carbocycles. The number of hydrogen-bond acceptors (Lipinski definition) is 3. The van der Waals surface area contributed by atoms with Crippen LogP contribution in [-0.2, 0) is 0 Å². The van der Waals surface area contributed by atoms with E-state index in [9.17, 15) is 4.79 Å². The molecule has 1 amide bonds. The SMILES string of the molecule is O=C(NN=Cc1ccc(-c2ccccc2Br)o1)c1ccccc1. The molecule has 2 aromatic carbocycles. The van der Waals surface area contributed by atoms with E-state index in [-0.39, 0.29) is 5.91 Å². The highest BCUT2D eigenvalue weighted by Crippen LogP contribution is 2.28. The van der Waals surface area contributed by atoms with Crippen LogP contribution < -0.4 is 5.43 Å². The second-order valence-corrected chi connectivity index (χ2v) is 5.60. The lowest BCUT2D eigenvalue weighted by atomic mass is 10.2. The first-order valence-electron chi connectivity index (χ1n) is 6.97. The molecule has 3 rings (SSSR count). The molecule has 0 atom stereocenters. The minimum Gasteiger partial charge on any atom is -0.455 e. The van der Waals surface area contributed by atoms with Gasteiger partial charge in [0.25, 0.3) is 5.91 Å². The number of nitrogens with one attached hydrogen (secondary N) is 1. The van der Waals surface area contributed by atoms with Crippen molar-refractivity contribution < 1.29 is 9.21 Å². The van der Waals surface area contributed by atoms with Crippen LogP contribution in [0.2, 0.25) is 0 Å². The molecular weight excluding hydrogens is 356 g/mol. The monoisotopic (exact) mass is 368 g/mol. The maximum absolute atomic E-state index is 11.8. The molecule has 3 aromatic rings.